The van der Waals surface area contributed by atoms with Crippen molar-refractivity contribution in [3.8, 4) is 5.75 Å². The quantitative estimate of drug-likeness (QED) is 0.248. The lowest BCUT2D eigenvalue weighted by Crippen LogP contribution is -2.47. The number of carbonyl (C=O) groups is 4. The molecule has 1 heterocycles. The first-order valence-corrected chi connectivity index (χ1v) is 11.8. The first-order valence-electron chi connectivity index (χ1n) is 11.8. The summed E-state index contributed by atoms with van der Waals surface area (Å²) in [4.78, 5) is 53.6. The van der Waals surface area contributed by atoms with Crippen LogP contribution in [0.1, 0.15) is 43.0 Å². The van der Waals surface area contributed by atoms with Crippen molar-refractivity contribution >= 4 is 23.6 Å². The fraction of sp³-hybridized carbons (Fsp3) is 0.538. The van der Waals surface area contributed by atoms with Crippen molar-refractivity contribution in [1.82, 2.24) is 4.90 Å². The lowest BCUT2D eigenvalue weighted by Gasteiger charge is -2.37. The topological polar surface area (TPSA) is 90.0 Å². The number of unbranched alkanes of at least 4 members (excludes halogenated alkanes) is 1. The van der Waals surface area contributed by atoms with E-state index in [0.717, 1.165) is 12.8 Å². The number of allylic oxidation sites excluding steroid dienone is 2. The summed E-state index contributed by atoms with van der Waals surface area (Å²) in [6.45, 7) is 1.55. The van der Waals surface area contributed by atoms with E-state index in [0.29, 0.717) is 36.0 Å². The van der Waals surface area contributed by atoms with Crippen LogP contribution in [0.4, 0.5) is 0 Å². The van der Waals surface area contributed by atoms with Gasteiger partial charge >= 0.3 is 5.97 Å². The number of hydrogen-bond acceptors (Lipinski definition) is 6. The number of Topliss-reactive ketones (excluding diaryl/α,β-unsaturated/α-hetero) is 1. The first-order chi connectivity index (χ1) is 16.0. The summed E-state index contributed by atoms with van der Waals surface area (Å²) in [7, 11) is 1.54. The summed E-state index contributed by atoms with van der Waals surface area (Å²) < 4.78 is 10.4. The van der Waals surface area contributed by atoms with Crippen LogP contribution in [0.5, 0.6) is 5.75 Å². The maximum absolute atomic E-state index is 13.4. The number of ketones is 1. The van der Waals surface area contributed by atoms with Gasteiger partial charge in [-0.15, -0.1) is 0 Å². The standard InChI is InChI=1S/C26H29NO6/c1-3-4-5-20(26(31)33-13-21(28)14-6-8-15(32-2)9-7-14)27-24(29)22-16-10-11-17(19-12-18(16)19)23(22)25(27)30/h6-11,16-20,22-23H,3-5,12-13H2,1-2H3. The number of amides is 2. The molecule has 1 aliphatic heterocycles. The van der Waals surface area contributed by atoms with Crippen LogP contribution in [0.25, 0.3) is 0 Å². The Kier molecular flexibility index (Phi) is 5.59. The van der Waals surface area contributed by atoms with Crippen LogP contribution in [-0.4, -0.2) is 48.2 Å². The molecule has 1 aromatic rings. The van der Waals surface area contributed by atoms with Gasteiger partial charge in [0, 0.05) is 5.56 Å². The van der Waals surface area contributed by atoms with Gasteiger partial charge in [0.25, 0.3) is 0 Å². The molecule has 0 N–H and O–H groups in total. The zero-order valence-corrected chi connectivity index (χ0v) is 18.9. The Bertz CT molecular complexity index is 978. The fourth-order valence-electron chi connectivity index (χ4n) is 6.13. The molecule has 2 amide bonds. The highest BCUT2D eigenvalue weighted by molar-refractivity contribution is 6.09. The van der Waals surface area contributed by atoms with Crippen molar-refractivity contribution in [3.63, 3.8) is 0 Å². The smallest absolute Gasteiger partial charge is 0.329 e. The fourth-order valence-corrected chi connectivity index (χ4v) is 6.13. The highest BCUT2D eigenvalue weighted by Gasteiger charge is 2.67. The second-order valence-electron chi connectivity index (χ2n) is 9.62. The third-order valence-corrected chi connectivity index (χ3v) is 7.87. The van der Waals surface area contributed by atoms with E-state index in [1.165, 1.54) is 12.0 Å². The second kappa shape index (κ2) is 8.43. The predicted molar refractivity (Wildman–Crippen MR) is 118 cm³/mol. The number of nitrogens with zero attached hydrogens (tertiary/aromatic N) is 1. The van der Waals surface area contributed by atoms with Gasteiger partial charge in [-0.2, -0.15) is 0 Å². The molecule has 2 bridgehead atoms. The molecule has 6 rings (SSSR count). The van der Waals surface area contributed by atoms with Crippen LogP contribution in [-0.2, 0) is 19.1 Å². The minimum Gasteiger partial charge on any atom is -0.497 e. The van der Waals surface area contributed by atoms with Crippen molar-refractivity contribution in [2.45, 2.75) is 38.6 Å². The van der Waals surface area contributed by atoms with Crippen molar-refractivity contribution in [1.29, 1.82) is 0 Å². The molecule has 2 saturated carbocycles. The summed E-state index contributed by atoms with van der Waals surface area (Å²) in [6, 6.07) is 5.56. The molecule has 1 aromatic carbocycles. The molecule has 33 heavy (non-hydrogen) atoms. The van der Waals surface area contributed by atoms with Gasteiger partial charge in [-0.25, -0.2) is 4.79 Å². The SMILES string of the molecule is CCCCC(C(=O)OCC(=O)c1ccc(OC)cc1)N1C(=O)C2C3C=CC(C4CC34)C2C1=O. The van der Waals surface area contributed by atoms with Gasteiger partial charge in [0.15, 0.2) is 12.4 Å². The highest BCUT2D eigenvalue weighted by atomic mass is 16.5. The minimum atomic E-state index is -0.977. The molecule has 0 aromatic heterocycles. The van der Waals surface area contributed by atoms with E-state index in [1.54, 1.807) is 24.3 Å². The van der Waals surface area contributed by atoms with Gasteiger partial charge in [-0.05, 0) is 60.8 Å². The molecular formula is C26H29NO6. The molecule has 7 atom stereocenters. The first kappa shape index (κ1) is 21.9. The lowest BCUT2D eigenvalue weighted by molar-refractivity contribution is -0.158. The predicted octanol–water partition coefficient (Wildman–Crippen LogP) is 3.03. The molecule has 7 heteroatoms. The van der Waals surface area contributed by atoms with Gasteiger partial charge in [0.2, 0.25) is 11.8 Å². The number of esters is 1. The van der Waals surface area contributed by atoms with E-state index in [9.17, 15) is 19.2 Å². The number of imide groups is 1. The number of methoxy groups -OCH3 is 1. The zero-order valence-electron chi connectivity index (χ0n) is 18.9. The van der Waals surface area contributed by atoms with Gasteiger partial charge < -0.3 is 9.47 Å². The van der Waals surface area contributed by atoms with E-state index >= 15 is 0 Å². The van der Waals surface area contributed by atoms with E-state index in [4.69, 9.17) is 9.47 Å². The molecule has 5 aliphatic rings. The molecule has 7 unspecified atom stereocenters. The van der Waals surface area contributed by atoms with Gasteiger partial charge in [-0.1, -0.05) is 31.9 Å². The lowest BCUT2D eigenvalue weighted by atomic mass is 9.63. The Morgan fingerprint density at radius 2 is 1.64 bits per heavy atom. The Morgan fingerprint density at radius 3 is 2.18 bits per heavy atom. The van der Waals surface area contributed by atoms with Crippen LogP contribution in [0, 0.1) is 35.5 Å². The molecule has 0 radical (unpaired) electrons. The molecule has 7 nitrogen and oxygen atoms in total. The molecule has 4 aliphatic carbocycles. The van der Waals surface area contributed by atoms with Crippen molar-refractivity contribution in [3.05, 3.63) is 42.0 Å². The maximum atomic E-state index is 13.4. The van der Waals surface area contributed by atoms with Gasteiger partial charge in [0.1, 0.15) is 11.8 Å². The third-order valence-electron chi connectivity index (χ3n) is 7.87. The molecule has 174 valence electrons. The number of ether oxygens (including phenoxy) is 2. The Labute approximate surface area is 193 Å². The van der Waals surface area contributed by atoms with Crippen molar-refractivity contribution < 1.29 is 28.7 Å². The van der Waals surface area contributed by atoms with E-state index < -0.39 is 18.6 Å². The largest absolute Gasteiger partial charge is 0.497 e. The second-order valence-corrected chi connectivity index (χ2v) is 9.62. The average molecular weight is 452 g/mol. The number of rotatable bonds is 9. The molecule has 0 spiro atoms. The van der Waals surface area contributed by atoms with E-state index in [1.807, 2.05) is 6.92 Å². The Morgan fingerprint density at radius 1 is 1.03 bits per heavy atom. The van der Waals surface area contributed by atoms with Gasteiger partial charge in [0.05, 0.1) is 18.9 Å². The van der Waals surface area contributed by atoms with E-state index in [-0.39, 0.29) is 41.3 Å². The zero-order chi connectivity index (χ0) is 23.3. The average Bonchev–Trinajstić information content (AvgIpc) is 3.62. The van der Waals surface area contributed by atoms with Gasteiger partial charge in [-0.3, -0.25) is 19.3 Å². The summed E-state index contributed by atoms with van der Waals surface area (Å²) in [5.74, 6) is -0.394. The Hall–Kier alpha value is -2.96. The monoisotopic (exact) mass is 451 g/mol. The highest BCUT2D eigenvalue weighted by Crippen LogP contribution is 2.65. The number of likely N-dealkylation sites (tertiary alicyclic amines) is 1. The van der Waals surface area contributed by atoms with Crippen LogP contribution < -0.4 is 4.74 Å². The molecular weight excluding hydrogens is 422 g/mol. The Balaban J connectivity index is 1.30. The number of benzene rings is 1. The third kappa shape index (κ3) is 3.58. The minimum absolute atomic E-state index is 0.103. The summed E-state index contributed by atoms with van der Waals surface area (Å²) in [5, 5.41) is 0. The van der Waals surface area contributed by atoms with Crippen LogP contribution in [0.15, 0.2) is 36.4 Å². The van der Waals surface area contributed by atoms with Crippen molar-refractivity contribution in [2.24, 2.45) is 35.5 Å². The van der Waals surface area contributed by atoms with Crippen LogP contribution >= 0.6 is 0 Å². The number of hydrogen-bond donors (Lipinski definition) is 0. The normalized spacial score (nSPS) is 31.8. The molecule has 1 saturated heterocycles. The maximum Gasteiger partial charge on any atom is 0.329 e. The summed E-state index contributed by atoms with van der Waals surface area (Å²) in [5.41, 5.74) is 0.398. The van der Waals surface area contributed by atoms with Crippen LogP contribution in [0.2, 0.25) is 0 Å². The molecule has 3 fully saturated rings. The number of carbonyl (C=O) groups excluding carboxylic acids is 4. The summed E-state index contributed by atoms with van der Waals surface area (Å²) >= 11 is 0. The van der Waals surface area contributed by atoms with E-state index in [2.05, 4.69) is 12.2 Å². The summed E-state index contributed by atoms with van der Waals surface area (Å²) in [6.07, 6.45) is 7.15. The van der Waals surface area contributed by atoms with Crippen molar-refractivity contribution in [2.75, 3.05) is 13.7 Å². The van der Waals surface area contributed by atoms with Crippen LogP contribution in [0.3, 0.4) is 0 Å².